The van der Waals surface area contributed by atoms with Crippen molar-refractivity contribution >= 4 is 5.91 Å². The van der Waals surface area contributed by atoms with Gasteiger partial charge in [-0.2, -0.15) is 0 Å². The smallest absolute Gasteiger partial charge is 0.250 e. The van der Waals surface area contributed by atoms with Gasteiger partial charge in [-0.15, -0.1) is 0 Å². The summed E-state index contributed by atoms with van der Waals surface area (Å²) in [5.41, 5.74) is 5.50. The molecule has 4 N–H and O–H groups in total. The van der Waals surface area contributed by atoms with Gasteiger partial charge in [-0.3, -0.25) is 4.79 Å². The quantitative estimate of drug-likeness (QED) is 0.528. The number of carbonyl (C=O) groups excluding carboxylic acids is 1. The molecule has 70 valence electrons. The summed E-state index contributed by atoms with van der Waals surface area (Å²) in [5.74, 6) is -0.327. The second-order valence-electron chi connectivity index (χ2n) is 3.30. The van der Waals surface area contributed by atoms with Crippen molar-refractivity contribution in [2.24, 2.45) is 5.73 Å². The normalized spacial score (nSPS) is 21.6. The topological polar surface area (TPSA) is 75.3 Å². The van der Waals surface area contributed by atoms with Gasteiger partial charge in [-0.25, -0.2) is 0 Å². The van der Waals surface area contributed by atoms with Crippen LogP contribution in [0.15, 0.2) is 0 Å². The van der Waals surface area contributed by atoms with Crippen LogP contribution < -0.4 is 11.1 Å². The Kier molecular flexibility index (Phi) is 3.05. The molecule has 0 unspecified atom stereocenters. The molecule has 0 aromatic carbocycles. The summed E-state index contributed by atoms with van der Waals surface area (Å²) in [7, 11) is 0. The van der Waals surface area contributed by atoms with Gasteiger partial charge in [-0.1, -0.05) is 6.92 Å². The lowest BCUT2D eigenvalue weighted by atomic mass is 10.1. The third-order valence-electron chi connectivity index (χ3n) is 2.07. The lowest BCUT2D eigenvalue weighted by Crippen LogP contribution is -2.46. The summed E-state index contributed by atoms with van der Waals surface area (Å²) < 4.78 is 0. The number of nitrogens with one attached hydrogen (secondary N) is 1. The van der Waals surface area contributed by atoms with Crippen molar-refractivity contribution < 1.29 is 9.90 Å². The van der Waals surface area contributed by atoms with Gasteiger partial charge in [0.05, 0.1) is 0 Å². The van der Waals surface area contributed by atoms with Crippen molar-refractivity contribution in [2.45, 2.75) is 44.4 Å². The van der Waals surface area contributed by atoms with Crippen LogP contribution in [-0.2, 0) is 4.79 Å². The molecular weight excluding hydrogens is 156 g/mol. The fraction of sp³-hybridized carbons (Fsp3) is 0.875. The lowest BCUT2D eigenvalue weighted by Gasteiger charge is -2.16. The molecule has 1 aliphatic rings. The van der Waals surface area contributed by atoms with E-state index < -0.39 is 12.1 Å². The number of aliphatic hydroxyl groups excluding tert-OH is 1. The van der Waals surface area contributed by atoms with Crippen LogP contribution in [0.25, 0.3) is 0 Å². The van der Waals surface area contributed by atoms with Crippen LogP contribution in [-0.4, -0.2) is 29.2 Å². The van der Waals surface area contributed by atoms with E-state index in [1.165, 1.54) is 0 Å². The zero-order chi connectivity index (χ0) is 9.14. The number of amides is 1. The predicted molar refractivity (Wildman–Crippen MR) is 45.4 cm³/mol. The molecule has 1 fully saturated rings. The minimum absolute atomic E-state index is 0.288. The summed E-state index contributed by atoms with van der Waals surface area (Å²) in [5, 5.41) is 12.0. The number of hydrogen-bond donors (Lipinski definition) is 3. The minimum Gasteiger partial charge on any atom is -0.382 e. The lowest BCUT2D eigenvalue weighted by molar-refractivity contribution is -0.130. The van der Waals surface area contributed by atoms with Gasteiger partial charge < -0.3 is 16.2 Å². The van der Waals surface area contributed by atoms with Crippen LogP contribution in [0.1, 0.15) is 26.2 Å². The first-order chi connectivity index (χ1) is 5.65. The van der Waals surface area contributed by atoms with Crippen LogP contribution in [0.2, 0.25) is 0 Å². The average molecular weight is 172 g/mol. The number of carbonyl (C=O) groups is 1. The summed E-state index contributed by atoms with van der Waals surface area (Å²) in [6.45, 7) is 1.85. The fourth-order valence-corrected chi connectivity index (χ4v) is 0.932. The highest BCUT2D eigenvalue weighted by Gasteiger charge is 2.28. The number of hydrogen-bond acceptors (Lipinski definition) is 3. The van der Waals surface area contributed by atoms with E-state index in [1.54, 1.807) is 0 Å². The molecule has 12 heavy (non-hydrogen) atoms. The second-order valence-corrected chi connectivity index (χ2v) is 3.30. The first-order valence-corrected chi connectivity index (χ1v) is 4.39. The van der Waals surface area contributed by atoms with Crippen LogP contribution >= 0.6 is 0 Å². The Morgan fingerprint density at radius 2 is 2.33 bits per heavy atom. The monoisotopic (exact) mass is 172 g/mol. The van der Waals surface area contributed by atoms with Gasteiger partial charge in [0.2, 0.25) is 0 Å². The maximum absolute atomic E-state index is 11.2. The molecule has 4 nitrogen and oxygen atoms in total. The molecule has 0 aromatic heterocycles. The zero-order valence-electron chi connectivity index (χ0n) is 7.29. The van der Waals surface area contributed by atoms with Crippen molar-refractivity contribution in [1.82, 2.24) is 5.32 Å². The SMILES string of the molecule is CC[C@H](N)[C@@H](O)C(=O)NC1CC1. The molecule has 1 aliphatic carbocycles. The van der Waals surface area contributed by atoms with E-state index in [2.05, 4.69) is 5.32 Å². The number of rotatable bonds is 4. The summed E-state index contributed by atoms with van der Waals surface area (Å²) in [4.78, 5) is 11.2. The molecule has 0 spiro atoms. The predicted octanol–water partition coefficient (Wildman–Crippen LogP) is -0.637. The first-order valence-electron chi connectivity index (χ1n) is 4.39. The molecule has 1 saturated carbocycles. The Morgan fingerprint density at radius 1 is 1.75 bits per heavy atom. The van der Waals surface area contributed by atoms with Crippen molar-refractivity contribution in [1.29, 1.82) is 0 Å². The zero-order valence-corrected chi connectivity index (χ0v) is 7.29. The maximum atomic E-state index is 11.2. The van der Waals surface area contributed by atoms with Gasteiger partial charge in [0, 0.05) is 12.1 Å². The van der Waals surface area contributed by atoms with Crippen LogP contribution in [0.4, 0.5) is 0 Å². The molecule has 0 heterocycles. The molecule has 0 bridgehead atoms. The van der Waals surface area contributed by atoms with Gasteiger partial charge in [0.15, 0.2) is 0 Å². The average Bonchev–Trinajstić information content (AvgIpc) is 2.85. The van der Waals surface area contributed by atoms with E-state index in [-0.39, 0.29) is 11.9 Å². The molecule has 0 radical (unpaired) electrons. The Morgan fingerprint density at radius 3 is 2.75 bits per heavy atom. The largest absolute Gasteiger partial charge is 0.382 e. The van der Waals surface area contributed by atoms with Gasteiger partial charge in [-0.05, 0) is 19.3 Å². The standard InChI is InChI=1S/C8H16N2O2/c1-2-6(9)7(11)8(12)10-5-3-4-5/h5-7,11H,2-4,9H2,1H3,(H,10,12)/t6-,7+/m0/s1. The summed E-state index contributed by atoms with van der Waals surface area (Å²) in [6.07, 6.45) is 1.62. The molecule has 0 aromatic rings. The molecule has 4 heteroatoms. The molecule has 0 aliphatic heterocycles. The van der Waals surface area contributed by atoms with E-state index in [1.807, 2.05) is 6.92 Å². The van der Waals surface area contributed by atoms with Crippen molar-refractivity contribution in [3.8, 4) is 0 Å². The second kappa shape index (κ2) is 3.87. The fourth-order valence-electron chi connectivity index (χ4n) is 0.932. The van der Waals surface area contributed by atoms with Crippen molar-refractivity contribution in [3.05, 3.63) is 0 Å². The molecule has 2 atom stereocenters. The maximum Gasteiger partial charge on any atom is 0.250 e. The highest BCUT2D eigenvalue weighted by molar-refractivity contribution is 5.81. The van der Waals surface area contributed by atoms with E-state index in [9.17, 15) is 9.90 Å². The molecule has 1 amide bonds. The van der Waals surface area contributed by atoms with Gasteiger partial charge >= 0.3 is 0 Å². The highest BCUT2D eigenvalue weighted by Crippen LogP contribution is 2.18. The Labute approximate surface area is 72.1 Å². The van der Waals surface area contributed by atoms with Gasteiger partial charge in [0.1, 0.15) is 6.10 Å². The van der Waals surface area contributed by atoms with Crippen molar-refractivity contribution in [3.63, 3.8) is 0 Å². The van der Waals surface area contributed by atoms with E-state index >= 15 is 0 Å². The van der Waals surface area contributed by atoms with Crippen LogP contribution in [0.3, 0.4) is 0 Å². The van der Waals surface area contributed by atoms with E-state index in [0.717, 1.165) is 12.8 Å². The van der Waals surface area contributed by atoms with Gasteiger partial charge in [0.25, 0.3) is 5.91 Å². The molecule has 1 rings (SSSR count). The molecule has 0 saturated heterocycles. The number of nitrogens with two attached hydrogens (primary N) is 1. The summed E-state index contributed by atoms with van der Waals surface area (Å²) >= 11 is 0. The molecular formula is C8H16N2O2. The third kappa shape index (κ3) is 2.46. The number of aliphatic hydroxyl groups is 1. The van der Waals surface area contributed by atoms with E-state index in [4.69, 9.17) is 5.73 Å². The van der Waals surface area contributed by atoms with E-state index in [0.29, 0.717) is 6.42 Å². The van der Waals surface area contributed by atoms with Crippen LogP contribution in [0.5, 0.6) is 0 Å². The van der Waals surface area contributed by atoms with Crippen LogP contribution in [0, 0.1) is 0 Å². The Balaban J connectivity index is 2.28. The first kappa shape index (κ1) is 9.48. The minimum atomic E-state index is -1.05. The highest BCUT2D eigenvalue weighted by atomic mass is 16.3. The third-order valence-corrected chi connectivity index (χ3v) is 2.07. The Bertz CT molecular complexity index is 168. The van der Waals surface area contributed by atoms with Crippen molar-refractivity contribution in [2.75, 3.05) is 0 Å². The Hall–Kier alpha value is -0.610. The summed E-state index contributed by atoms with van der Waals surface area (Å²) in [6, 6.07) is -0.153.